The van der Waals surface area contributed by atoms with E-state index in [-0.39, 0.29) is 11.8 Å². The lowest BCUT2D eigenvalue weighted by atomic mass is 9.86. The summed E-state index contributed by atoms with van der Waals surface area (Å²) in [6.07, 6.45) is 5.50. The molecule has 1 aliphatic carbocycles. The summed E-state index contributed by atoms with van der Waals surface area (Å²) in [4.78, 5) is 13.9. The van der Waals surface area contributed by atoms with Crippen LogP contribution in [-0.2, 0) is 4.79 Å². The number of amides is 1. The number of hydrogen-bond acceptors (Lipinski definition) is 2. The molecule has 0 saturated heterocycles. The van der Waals surface area contributed by atoms with E-state index in [0.717, 1.165) is 32.1 Å². The number of rotatable bonds is 4. The van der Waals surface area contributed by atoms with Crippen molar-refractivity contribution < 1.29 is 4.79 Å². The van der Waals surface area contributed by atoms with Gasteiger partial charge >= 0.3 is 0 Å². The Morgan fingerprint density at radius 3 is 2.41 bits per heavy atom. The molecule has 96 valence electrons. The van der Waals surface area contributed by atoms with Crippen LogP contribution in [0.3, 0.4) is 0 Å². The summed E-state index contributed by atoms with van der Waals surface area (Å²) < 4.78 is 0. The van der Waals surface area contributed by atoms with Crippen LogP contribution in [0.25, 0.3) is 0 Å². The van der Waals surface area contributed by atoms with Crippen molar-refractivity contribution in [2.24, 2.45) is 11.8 Å². The fourth-order valence-corrected chi connectivity index (χ4v) is 2.38. The summed E-state index contributed by atoms with van der Waals surface area (Å²) in [7, 11) is 1.92. The van der Waals surface area contributed by atoms with Gasteiger partial charge in [-0.2, -0.15) is 5.26 Å². The fraction of sp³-hybridized carbons (Fsp3) is 0.857. The first-order chi connectivity index (χ1) is 8.04. The monoisotopic (exact) mass is 236 g/mol. The highest BCUT2D eigenvalue weighted by Crippen LogP contribution is 2.26. The molecule has 1 fully saturated rings. The van der Waals surface area contributed by atoms with Crippen molar-refractivity contribution in [3.63, 3.8) is 0 Å². The van der Waals surface area contributed by atoms with Crippen molar-refractivity contribution in [2.75, 3.05) is 7.05 Å². The first-order valence-electron chi connectivity index (χ1n) is 6.69. The molecule has 0 spiro atoms. The van der Waals surface area contributed by atoms with Gasteiger partial charge in [-0.15, -0.1) is 0 Å². The Morgan fingerprint density at radius 2 is 1.94 bits per heavy atom. The molecular formula is C14H24N2O. The molecule has 1 rings (SSSR count). The van der Waals surface area contributed by atoms with Crippen LogP contribution in [0.5, 0.6) is 0 Å². The van der Waals surface area contributed by atoms with Gasteiger partial charge in [-0.05, 0) is 38.0 Å². The molecular weight excluding hydrogens is 212 g/mol. The molecule has 1 saturated carbocycles. The van der Waals surface area contributed by atoms with Crippen molar-refractivity contribution in [2.45, 2.75) is 58.4 Å². The SMILES string of the molecule is CC(C)CCC(=O)N(C)C1CCC(C#N)CC1. The fourth-order valence-electron chi connectivity index (χ4n) is 2.38. The molecule has 0 aromatic rings. The van der Waals surface area contributed by atoms with E-state index in [4.69, 9.17) is 5.26 Å². The van der Waals surface area contributed by atoms with E-state index in [1.54, 1.807) is 0 Å². The summed E-state index contributed by atoms with van der Waals surface area (Å²) >= 11 is 0. The van der Waals surface area contributed by atoms with E-state index in [0.29, 0.717) is 18.4 Å². The topological polar surface area (TPSA) is 44.1 Å². The molecule has 0 aromatic carbocycles. The predicted octanol–water partition coefficient (Wildman–Crippen LogP) is 2.96. The highest BCUT2D eigenvalue weighted by Gasteiger charge is 2.26. The lowest BCUT2D eigenvalue weighted by molar-refractivity contribution is -0.132. The molecule has 0 atom stereocenters. The lowest BCUT2D eigenvalue weighted by Gasteiger charge is -2.33. The average Bonchev–Trinajstić information content (AvgIpc) is 2.35. The molecule has 0 radical (unpaired) electrons. The van der Waals surface area contributed by atoms with E-state index in [1.165, 1.54) is 0 Å². The van der Waals surface area contributed by atoms with Gasteiger partial charge in [-0.3, -0.25) is 4.79 Å². The van der Waals surface area contributed by atoms with Gasteiger partial charge in [-0.25, -0.2) is 0 Å². The number of carbonyl (C=O) groups is 1. The number of nitrogens with zero attached hydrogens (tertiary/aromatic N) is 2. The van der Waals surface area contributed by atoms with Gasteiger partial charge in [-0.1, -0.05) is 13.8 Å². The van der Waals surface area contributed by atoms with Gasteiger partial charge in [0.15, 0.2) is 0 Å². The van der Waals surface area contributed by atoms with E-state index >= 15 is 0 Å². The zero-order valence-electron chi connectivity index (χ0n) is 11.3. The third kappa shape index (κ3) is 4.38. The minimum atomic E-state index is 0.213. The normalized spacial score (nSPS) is 24.4. The first-order valence-corrected chi connectivity index (χ1v) is 6.69. The third-order valence-electron chi connectivity index (χ3n) is 3.76. The third-order valence-corrected chi connectivity index (χ3v) is 3.76. The average molecular weight is 236 g/mol. The minimum Gasteiger partial charge on any atom is -0.343 e. The number of hydrogen-bond donors (Lipinski definition) is 0. The van der Waals surface area contributed by atoms with E-state index in [2.05, 4.69) is 19.9 Å². The number of nitriles is 1. The van der Waals surface area contributed by atoms with Crippen LogP contribution in [0.4, 0.5) is 0 Å². The van der Waals surface area contributed by atoms with Crippen molar-refractivity contribution in [1.82, 2.24) is 4.90 Å². The summed E-state index contributed by atoms with van der Waals surface area (Å²) in [6, 6.07) is 2.69. The van der Waals surface area contributed by atoms with Crippen molar-refractivity contribution in [1.29, 1.82) is 5.26 Å². The molecule has 3 heteroatoms. The Hall–Kier alpha value is -1.04. The van der Waals surface area contributed by atoms with E-state index in [9.17, 15) is 4.79 Å². The van der Waals surface area contributed by atoms with Crippen LogP contribution in [0.2, 0.25) is 0 Å². The predicted molar refractivity (Wildman–Crippen MR) is 68.2 cm³/mol. The second-order valence-electron chi connectivity index (χ2n) is 5.57. The maximum absolute atomic E-state index is 12.0. The van der Waals surface area contributed by atoms with Gasteiger partial charge in [0.25, 0.3) is 0 Å². The second kappa shape index (κ2) is 6.64. The molecule has 1 aliphatic rings. The molecule has 0 aromatic heterocycles. The van der Waals surface area contributed by atoms with E-state index in [1.807, 2.05) is 11.9 Å². The van der Waals surface area contributed by atoms with Crippen LogP contribution in [0.15, 0.2) is 0 Å². The van der Waals surface area contributed by atoms with E-state index < -0.39 is 0 Å². The maximum Gasteiger partial charge on any atom is 0.222 e. The lowest BCUT2D eigenvalue weighted by Crippen LogP contribution is -2.39. The van der Waals surface area contributed by atoms with Crippen LogP contribution in [0.1, 0.15) is 52.4 Å². The minimum absolute atomic E-state index is 0.213. The summed E-state index contributed by atoms with van der Waals surface area (Å²) in [5.74, 6) is 1.06. The molecule has 0 N–H and O–H groups in total. The Balaban J connectivity index is 2.35. The Morgan fingerprint density at radius 1 is 1.35 bits per heavy atom. The smallest absolute Gasteiger partial charge is 0.222 e. The van der Waals surface area contributed by atoms with Crippen molar-refractivity contribution in [3.8, 4) is 6.07 Å². The summed E-state index contributed by atoms with van der Waals surface area (Å²) in [5, 5.41) is 8.84. The molecule has 0 bridgehead atoms. The highest BCUT2D eigenvalue weighted by atomic mass is 16.2. The van der Waals surface area contributed by atoms with Crippen LogP contribution < -0.4 is 0 Å². The van der Waals surface area contributed by atoms with Gasteiger partial charge in [0.1, 0.15) is 0 Å². The van der Waals surface area contributed by atoms with Crippen molar-refractivity contribution in [3.05, 3.63) is 0 Å². The quantitative estimate of drug-likeness (QED) is 0.753. The van der Waals surface area contributed by atoms with Crippen LogP contribution in [-0.4, -0.2) is 23.9 Å². The van der Waals surface area contributed by atoms with Crippen molar-refractivity contribution >= 4 is 5.91 Å². The first kappa shape index (κ1) is 14.0. The highest BCUT2D eigenvalue weighted by molar-refractivity contribution is 5.76. The van der Waals surface area contributed by atoms with Gasteiger partial charge < -0.3 is 4.90 Å². The van der Waals surface area contributed by atoms with Gasteiger partial charge in [0, 0.05) is 25.4 Å². The Labute approximate surface area is 105 Å². The molecule has 3 nitrogen and oxygen atoms in total. The largest absolute Gasteiger partial charge is 0.343 e. The number of carbonyl (C=O) groups excluding carboxylic acids is 1. The molecule has 0 unspecified atom stereocenters. The molecule has 17 heavy (non-hydrogen) atoms. The van der Waals surface area contributed by atoms with Crippen LogP contribution >= 0.6 is 0 Å². The second-order valence-corrected chi connectivity index (χ2v) is 5.57. The van der Waals surface area contributed by atoms with Crippen LogP contribution in [0, 0.1) is 23.2 Å². The van der Waals surface area contributed by atoms with Gasteiger partial charge in [0.05, 0.1) is 6.07 Å². The van der Waals surface area contributed by atoms with Gasteiger partial charge in [0.2, 0.25) is 5.91 Å². The Bertz CT molecular complexity index is 285. The standard InChI is InChI=1S/C14H24N2O/c1-11(2)4-9-14(17)16(3)13-7-5-12(10-15)6-8-13/h11-13H,4-9H2,1-3H3. The zero-order chi connectivity index (χ0) is 12.8. The molecule has 0 aliphatic heterocycles. The summed E-state index contributed by atoms with van der Waals surface area (Å²) in [6.45, 7) is 4.29. The Kier molecular flexibility index (Phi) is 5.47. The zero-order valence-corrected chi connectivity index (χ0v) is 11.3. The maximum atomic E-state index is 12.0. The molecule has 0 heterocycles. The summed E-state index contributed by atoms with van der Waals surface area (Å²) in [5.41, 5.74) is 0. The molecule has 1 amide bonds.